The molecule has 2 aliphatic heterocycles. The number of nitrogens with two attached hydrogens (primary N) is 1. The van der Waals surface area contributed by atoms with E-state index in [1.807, 2.05) is 0 Å². The van der Waals surface area contributed by atoms with Gasteiger partial charge in [-0.1, -0.05) is 0 Å². The Morgan fingerprint density at radius 1 is 0.690 bits per heavy atom. The number of rotatable bonds is 12. The van der Waals surface area contributed by atoms with Crippen LogP contribution >= 0.6 is 0 Å². The zero-order valence-electron chi connectivity index (χ0n) is 23.5. The minimum atomic E-state index is -1.60. The van der Waals surface area contributed by atoms with Crippen molar-refractivity contribution in [3.63, 3.8) is 0 Å². The van der Waals surface area contributed by atoms with Crippen molar-refractivity contribution in [1.82, 2.24) is 0 Å². The zero-order chi connectivity index (χ0) is 30.7. The predicted molar refractivity (Wildman–Crippen MR) is 152 cm³/mol. The van der Waals surface area contributed by atoms with Crippen LogP contribution in [0.2, 0.25) is 0 Å². The summed E-state index contributed by atoms with van der Waals surface area (Å²) in [5.41, 5.74) is 5.01. The van der Waals surface area contributed by atoms with Crippen molar-refractivity contribution in [3.8, 4) is 0 Å². The van der Waals surface area contributed by atoms with Crippen molar-refractivity contribution in [2.24, 2.45) is 5.73 Å². The minimum absolute atomic E-state index is 0.188. The maximum absolute atomic E-state index is 12.9. The lowest BCUT2D eigenvalue weighted by atomic mass is 10.0. The van der Waals surface area contributed by atoms with Crippen LogP contribution in [0.3, 0.4) is 0 Å². The average molecular weight is 574 g/mol. The molecule has 0 saturated heterocycles. The summed E-state index contributed by atoms with van der Waals surface area (Å²) in [7, 11) is 0. The Morgan fingerprint density at radius 2 is 1.12 bits per heavy atom. The molecular weight excluding hydrogens is 542 g/mol. The van der Waals surface area contributed by atoms with Gasteiger partial charge < -0.3 is 9.47 Å². The second kappa shape index (κ2) is 12.0. The van der Waals surface area contributed by atoms with E-state index in [1.54, 1.807) is 13.8 Å². The maximum Gasteiger partial charge on any atom is 0.338 e. The molecule has 1 unspecified atom stereocenters. The molecule has 0 saturated carbocycles. The maximum atomic E-state index is 12.9. The Bertz CT molecular complexity index is 1450. The number of benzene rings is 2. The van der Waals surface area contributed by atoms with Gasteiger partial charge in [0.1, 0.15) is 5.60 Å². The van der Waals surface area contributed by atoms with E-state index in [4.69, 9.17) is 15.2 Å². The fraction of sp³-hybridized carbons (Fsp3) is 0.290. The minimum Gasteiger partial charge on any atom is -0.456 e. The number of carbonyl (C=O) groups excluding carboxylic acids is 6. The number of ketones is 1. The number of Topliss-reactive ketones (excluding diaryl/α,β-unsaturated/α-hetero) is 1. The summed E-state index contributed by atoms with van der Waals surface area (Å²) in [6.07, 6.45) is 6.42. The molecule has 11 nitrogen and oxygen atoms in total. The number of imide groups is 2. The third-order valence-electron chi connectivity index (χ3n) is 6.76. The van der Waals surface area contributed by atoms with Gasteiger partial charge in [0.05, 0.1) is 16.9 Å². The van der Waals surface area contributed by atoms with Gasteiger partial charge >= 0.3 is 5.97 Å². The first-order chi connectivity index (χ1) is 19.8. The third kappa shape index (κ3) is 6.76. The molecule has 218 valence electrons. The molecule has 0 bridgehead atoms. The number of esters is 1. The molecule has 0 spiro atoms. The lowest BCUT2D eigenvalue weighted by molar-refractivity contribution is -0.121. The summed E-state index contributed by atoms with van der Waals surface area (Å²) in [5, 5.41) is 0. The zero-order valence-corrected chi connectivity index (χ0v) is 23.5. The van der Waals surface area contributed by atoms with Crippen molar-refractivity contribution in [3.05, 3.63) is 84.0 Å². The third-order valence-corrected chi connectivity index (χ3v) is 6.76. The summed E-state index contributed by atoms with van der Waals surface area (Å²) in [6.45, 7) is 5.22. The van der Waals surface area contributed by atoms with Gasteiger partial charge in [-0.3, -0.25) is 29.7 Å². The quantitative estimate of drug-likeness (QED) is 0.133. The normalized spacial score (nSPS) is 16.4. The molecule has 2 aromatic carbocycles. The van der Waals surface area contributed by atoms with Crippen molar-refractivity contribution in [2.45, 2.75) is 51.4 Å². The number of amides is 4. The van der Waals surface area contributed by atoms with E-state index in [0.717, 1.165) is 9.80 Å². The molecule has 2 N–H and O–H groups in total. The van der Waals surface area contributed by atoms with Gasteiger partial charge in [0, 0.05) is 36.5 Å². The molecule has 0 aromatic heterocycles. The highest BCUT2D eigenvalue weighted by atomic mass is 16.6. The summed E-state index contributed by atoms with van der Waals surface area (Å²) >= 11 is 0. The van der Waals surface area contributed by atoms with Gasteiger partial charge in [-0.05, 0) is 88.6 Å². The van der Waals surface area contributed by atoms with Crippen LogP contribution in [0.4, 0.5) is 11.4 Å². The summed E-state index contributed by atoms with van der Waals surface area (Å²) in [6, 6.07) is 12.0. The molecule has 42 heavy (non-hydrogen) atoms. The smallest absolute Gasteiger partial charge is 0.338 e. The highest BCUT2D eigenvalue weighted by molar-refractivity contribution is 6.28. The number of unbranched alkanes of at least 4 members (excludes halogenated alkanes) is 1. The lowest BCUT2D eigenvalue weighted by Crippen LogP contribution is -2.47. The van der Waals surface area contributed by atoms with E-state index >= 15 is 0 Å². The van der Waals surface area contributed by atoms with Crippen LogP contribution in [-0.4, -0.2) is 53.3 Å². The van der Waals surface area contributed by atoms with Gasteiger partial charge in [0.15, 0.2) is 5.72 Å². The Hall–Kier alpha value is -4.74. The van der Waals surface area contributed by atoms with Crippen molar-refractivity contribution in [1.29, 1.82) is 0 Å². The monoisotopic (exact) mass is 573 g/mol. The largest absolute Gasteiger partial charge is 0.456 e. The van der Waals surface area contributed by atoms with Gasteiger partial charge in [0.25, 0.3) is 23.6 Å². The highest BCUT2D eigenvalue weighted by Gasteiger charge is 2.32. The summed E-state index contributed by atoms with van der Waals surface area (Å²) in [5.74, 6) is -2.79. The number of anilines is 2. The van der Waals surface area contributed by atoms with Crippen LogP contribution in [0.25, 0.3) is 0 Å². The predicted octanol–water partition coefficient (Wildman–Crippen LogP) is 3.23. The average Bonchev–Trinajstić information content (AvgIpc) is 3.46. The van der Waals surface area contributed by atoms with Crippen molar-refractivity contribution in [2.75, 3.05) is 16.4 Å². The molecule has 0 fully saturated rings. The second-order valence-corrected chi connectivity index (χ2v) is 10.7. The fourth-order valence-corrected chi connectivity index (χ4v) is 4.47. The lowest BCUT2D eigenvalue weighted by Gasteiger charge is -2.26. The van der Waals surface area contributed by atoms with Gasteiger partial charge in [-0.15, -0.1) is 0 Å². The molecule has 1 atom stereocenters. The van der Waals surface area contributed by atoms with E-state index in [1.165, 1.54) is 79.8 Å². The number of carbonyl (C=O) groups is 6. The first kappa shape index (κ1) is 30.2. The van der Waals surface area contributed by atoms with Crippen LogP contribution in [0.5, 0.6) is 0 Å². The molecule has 0 radical (unpaired) electrons. The van der Waals surface area contributed by atoms with Crippen molar-refractivity contribution >= 4 is 46.8 Å². The van der Waals surface area contributed by atoms with Crippen LogP contribution in [0.1, 0.15) is 60.7 Å². The molecule has 4 rings (SSSR count). The van der Waals surface area contributed by atoms with Crippen LogP contribution in [0.15, 0.2) is 72.8 Å². The van der Waals surface area contributed by atoms with Crippen LogP contribution in [-0.2, 0) is 28.7 Å². The first-order valence-electron chi connectivity index (χ1n) is 13.3. The van der Waals surface area contributed by atoms with E-state index in [9.17, 15) is 28.8 Å². The number of hydrogen-bond acceptors (Lipinski definition) is 9. The molecular formula is C31H31N3O8. The van der Waals surface area contributed by atoms with Gasteiger partial charge in [-0.25, -0.2) is 14.6 Å². The number of nitrogens with zero attached hydrogens (tertiary/aromatic N) is 2. The van der Waals surface area contributed by atoms with E-state index < -0.39 is 46.7 Å². The van der Waals surface area contributed by atoms with E-state index in [-0.39, 0.29) is 17.7 Å². The second-order valence-electron chi connectivity index (χ2n) is 10.7. The Morgan fingerprint density at radius 3 is 1.57 bits per heavy atom. The molecule has 4 amide bonds. The van der Waals surface area contributed by atoms with Gasteiger partial charge in [0.2, 0.25) is 5.78 Å². The first-order valence-corrected chi connectivity index (χ1v) is 13.3. The summed E-state index contributed by atoms with van der Waals surface area (Å²) in [4.78, 5) is 75.0. The van der Waals surface area contributed by atoms with E-state index in [2.05, 4.69) is 0 Å². The van der Waals surface area contributed by atoms with Crippen LogP contribution < -0.4 is 15.5 Å². The van der Waals surface area contributed by atoms with Gasteiger partial charge in [-0.2, -0.15) is 0 Å². The molecule has 2 heterocycles. The number of hydrogen-bond donors (Lipinski definition) is 1. The Kier molecular flexibility index (Phi) is 8.64. The van der Waals surface area contributed by atoms with Crippen LogP contribution in [0, 0.1) is 0 Å². The fourth-order valence-electron chi connectivity index (χ4n) is 4.47. The SMILES string of the molecule is CC(C)(CCCCOC(C)(N)C(=O)c1ccc(N2C(=O)C=CC2=O)cc1)OC(=O)c1ccc(N2C(=O)C=CC2=O)cc1. The highest BCUT2D eigenvalue weighted by Crippen LogP contribution is 2.24. The Balaban J connectivity index is 1.21. The van der Waals surface area contributed by atoms with Crippen molar-refractivity contribution < 1.29 is 38.2 Å². The number of ether oxygens (including phenoxy) is 2. The van der Waals surface area contributed by atoms with E-state index in [0.29, 0.717) is 30.6 Å². The Labute approximate surface area is 242 Å². The molecule has 11 heteroatoms. The standard InChI is InChI=1S/C31H31N3O8/c1-30(2,42-29(40)21-8-12-23(13-9-21)34-26(37)16-17-27(34)38)18-4-5-19-41-31(3,32)28(39)20-6-10-22(11-7-20)33-24(35)14-15-25(33)36/h6-17H,4-5,18-19,32H2,1-3H3. The molecule has 2 aromatic rings. The molecule has 2 aliphatic rings. The topological polar surface area (TPSA) is 153 Å². The summed E-state index contributed by atoms with van der Waals surface area (Å²) < 4.78 is 11.3. The molecule has 0 aliphatic carbocycles.